The van der Waals surface area contributed by atoms with Crippen molar-refractivity contribution in [3.05, 3.63) is 71.1 Å². The molecule has 30 heavy (non-hydrogen) atoms. The highest BCUT2D eigenvalue weighted by molar-refractivity contribution is 5.95. The zero-order valence-corrected chi connectivity index (χ0v) is 17.7. The van der Waals surface area contributed by atoms with Gasteiger partial charge in [0.25, 0.3) is 5.91 Å². The molecule has 0 radical (unpaired) electrons. The van der Waals surface area contributed by atoms with E-state index in [0.29, 0.717) is 11.4 Å². The fraction of sp³-hybridized carbons (Fsp3) is 0.304. The predicted molar refractivity (Wildman–Crippen MR) is 114 cm³/mol. The van der Waals surface area contributed by atoms with E-state index in [1.165, 1.54) is 5.56 Å². The van der Waals surface area contributed by atoms with Gasteiger partial charge in [0.05, 0.1) is 0 Å². The van der Waals surface area contributed by atoms with Gasteiger partial charge < -0.3 is 15.2 Å². The quantitative estimate of drug-likeness (QED) is 0.611. The van der Waals surface area contributed by atoms with E-state index in [1.54, 1.807) is 6.07 Å². The van der Waals surface area contributed by atoms with Crippen LogP contribution in [0.25, 0.3) is 11.4 Å². The summed E-state index contributed by atoms with van der Waals surface area (Å²) in [6.45, 7) is 8.83. The van der Waals surface area contributed by atoms with E-state index in [4.69, 9.17) is 4.52 Å². The lowest BCUT2D eigenvalue weighted by Gasteiger charge is -2.18. The van der Waals surface area contributed by atoms with Crippen LogP contribution < -0.4 is 10.6 Å². The van der Waals surface area contributed by atoms with Crippen LogP contribution in [0.2, 0.25) is 0 Å². The van der Waals surface area contributed by atoms with Crippen molar-refractivity contribution in [2.45, 2.75) is 33.1 Å². The number of nitrogens with zero attached hydrogens (tertiary/aromatic N) is 2. The molecule has 2 amide bonds. The molecule has 7 heteroatoms. The first-order valence-corrected chi connectivity index (χ1v) is 9.82. The number of nitrogens with one attached hydrogen (secondary N) is 2. The zero-order chi connectivity index (χ0) is 21.7. The minimum Gasteiger partial charge on any atom is -0.350 e. The summed E-state index contributed by atoms with van der Waals surface area (Å²) in [5.74, 6) is -0.421. The van der Waals surface area contributed by atoms with Crippen LogP contribution >= 0.6 is 0 Å². The number of aryl methyl sites for hydroxylation is 1. The zero-order valence-electron chi connectivity index (χ0n) is 17.7. The van der Waals surface area contributed by atoms with E-state index < -0.39 is 5.91 Å². The third kappa shape index (κ3) is 5.11. The Hall–Kier alpha value is -3.48. The van der Waals surface area contributed by atoms with Crippen molar-refractivity contribution in [3.63, 3.8) is 0 Å². The first-order chi connectivity index (χ1) is 14.3. The van der Waals surface area contributed by atoms with Crippen molar-refractivity contribution >= 4 is 11.8 Å². The monoisotopic (exact) mass is 406 g/mol. The Balaban J connectivity index is 1.52. The molecule has 0 spiro atoms. The molecule has 0 bridgehead atoms. The maximum absolute atomic E-state index is 12.2. The van der Waals surface area contributed by atoms with Crippen LogP contribution in [0.1, 0.15) is 52.9 Å². The number of carbonyl (C=O) groups excluding carboxylic acids is 2. The summed E-state index contributed by atoms with van der Waals surface area (Å²) >= 11 is 0. The fourth-order valence-electron chi connectivity index (χ4n) is 2.90. The Labute approximate surface area is 175 Å². The largest absolute Gasteiger partial charge is 0.350 e. The molecule has 156 valence electrons. The first kappa shape index (κ1) is 21.2. The highest BCUT2D eigenvalue weighted by atomic mass is 16.5. The van der Waals surface area contributed by atoms with E-state index in [0.717, 1.165) is 11.1 Å². The van der Waals surface area contributed by atoms with Gasteiger partial charge in [0.15, 0.2) is 0 Å². The highest BCUT2D eigenvalue weighted by Crippen LogP contribution is 2.24. The number of hydrogen-bond acceptors (Lipinski definition) is 5. The van der Waals surface area contributed by atoms with E-state index in [-0.39, 0.29) is 30.3 Å². The number of rotatable bonds is 6. The van der Waals surface area contributed by atoms with Crippen molar-refractivity contribution in [1.82, 2.24) is 20.8 Å². The Kier molecular flexibility index (Phi) is 6.30. The summed E-state index contributed by atoms with van der Waals surface area (Å²) in [5, 5.41) is 9.33. The predicted octanol–water partition coefficient (Wildman–Crippen LogP) is 3.50. The fourth-order valence-corrected chi connectivity index (χ4v) is 2.90. The molecule has 0 saturated carbocycles. The highest BCUT2D eigenvalue weighted by Gasteiger charge is 2.17. The van der Waals surface area contributed by atoms with Gasteiger partial charge in [-0.3, -0.25) is 9.59 Å². The Morgan fingerprint density at radius 3 is 2.20 bits per heavy atom. The number of hydrogen-bond donors (Lipinski definition) is 2. The van der Waals surface area contributed by atoms with Gasteiger partial charge in [-0.2, -0.15) is 4.98 Å². The molecule has 0 atom stereocenters. The molecule has 3 aromatic rings. The minimum atomic E-state index is -0.481. The lowest BCUT2D eigenvalue weighted by atomic mass is 9.87. The molecule has 2 aromatic carbocycles. The molecular weight excluding hydrogens is 380 g/mol. The molecule has 3 rings (SSSR count). The van der Waals surface area contributed by atoms with Gasteiger partial charge in [0.1, 0.15) is 0 Å². The maximum atomic E-state index is 12.2. The SMILES string of the molecule is Cc1ccccc1C(=O)NCCNC(=O)c1nc(-c2ccc(C(C)(C)C)cc2)no1. The van der Waals surface area contributed by atoms with Gasteiger partial charge in [0, 0.05) is 24.2 Å². The summed E-state index contributed by atoms with van der Waals surface area (Å²) in [6.07, 6.45) is 0. The number of amides is 2. The summed E-state index contributed by atoms with van der Waals surface area (Å²) < 4.78 is 5.08. The smallest absolute Gasteiger partial charge is 0.316 e. The van der Waals surface area contributed by atoms with Crippen molar-refractivity contribution in [2.24, 2.45) is 0 Å². The molecular formula is C23H26N4O3. The Morgan fingerprint density at radius 2 is 1.57 bits per heavy atom. The number of benzene rings is 2. The van der Waals surface area contributed by atoms with E-state index >= 15 is 0 Å². The normalized spacial score (nSPS) is 11.2. The molecule has 0 unspecified atom stereocenters. The average Bonchev–Trinajstić information content (AvgIpc) is 3.21. The molecule has 0 aliphatic heterocycles. The lowest BCUT2D eigenvalue weighted by molar-refractivity contribution is 0.0898. The van der Waals surface area contributed by atoms with Crippen molar-refractivity contribution in [2.75, 3.05) is 13.1 Å². The molecule has 0 aliphatic carbocycles. The second-order valence-electron chi connectivity index (χ2n) is 8.08. The van der Waals surface area contributed by atoms with E-state index in [2.05, 4.69) is 41.5 Å². The number of carbonyl (C=O) groups is 2. The van der Waals surface area contributed by atoms with Gasteiger partial charge in [-0.05, 0) is 29.5 Å². The number of aromatic nitrogens is 2. The summed E-state index contributed by atoms with van der Waals surface area (Å²) in [7, 11) is 0. The minimum absolute atomic E-state index is 0.0510. The van der Waals surface area contributed by atoms with Crippen LogP contribution in [-0.2, 0) is 5.41 Å². The molecule has 7 nitrogen and oxygen atoms in total. The topological polar surface area (TPSA) is 97.1 Å². The van der Waals surface area contributed by atoms with Crippen LogP contribution in [0.15, 0.2) is 53.1 Å². The van der Waals surface area contributed by atoms with Gasteiger partial charge >= 0.3 is 11.8 Å². The third-order valence-corrected chi connectivity index (χ3v) is 4.72. The van der Waals surface area contributed by atoms with Crippen molar-refractivity contribution < 1.29 is 14.1 Å². The molecule has 1 heterocycles. The second kappa shape index (κ2) is 8.90. The van der Waals surface area contributed by atoms with Crippen LogP contribution in [0.5, 0.6) is 0 Å². The van der Waals surface area contributed by atoms with Gasteiger partial charge in [-0.15, -0.1) is 0 Å². The van der Waals surface area contributed by atoms with Crippen molar-refractivity contribution in [1.29, 1.82) is 0 Å². The third-order valence-electron chi connectivity index (χ3n) is 4.72. The average molecular weight is 406 g/mol. The van der Waals surface area contributed by atoms with Gasteiger partial charge in [0.2, 0.25) is 5.82 Å². The van der Waals surface area contributed by atoms with Crippen LogP contribution in [-0.4, -0.2) is 35.0 Å². The van der Waals surface area contributed by atoms with E-state index in [1.807, 2.05) is 49.4 Å². The molecule has 0 saturated heterocycles. The van der Waals surface area contributed by atoms with Crippen LogP contribution in [0.4, 0.5) is 0 Å². The Morgan fingerprint density at radius 1 is 0.933 bits per heavy atom. The Bertz CT molecular complexity index is 1030. The molecule has 0 aliphatic rings. The lowest BCUT2D eigenvalue weighted by Crippen LogP contribution is -2.35. The summed E-state index contributed by atoms with van der Waals surface area (Å²) in [4.78, 5) is 28.6. The first-order valence-electron chi connectivity index (χ1n) is 9.82. The summed E-state index contributed by atoms with van der Waals surface area (Å²) in [5.41, 5.74) is 3.53. The summed E-state index contributed by atoms with van der Waals surface area (Å²) in [6, 6.07) is 15.2. The van der Waals surface area contributed by atoms with Crippen molar-refractivity contribution in [3.8, 4) is 11.4 Å². The van der Waals surface area contributed by atoms with Crippen LogP contribution in [0, 0.1) is 6.92 Å². The second-order valence-corrected chi connectivity index (χ2v) is 8.08. The molecule has 2 N–H and O–H groups in total. The standard InChI is InChI=1S/C23H26N4O3/c1-15-7-5-6-8-18(15)20(28)24-13-14-25-21(29)22-26-19(27-30-22)16-9-11-17(12-10-16)23(2,3)4/h5-12H,13-14H2,1-4H3,(H,24,28)(H,25,29). The van der Waals surface area contributed by atoms with Crippen LogP contribution in [0.3, 0.4) is 0 Å². The molecule has 1 aromatic heterocycles. The van der Waals surface area contributed by atoms with Gasteiger partial charge in [-0.1, -0.05) is 68.4 Å². The van der Waals surface area contributed by atoms with Gasteiger partial charge in [-0.25, -0.2) is 0 Å². The van der Waals surface area contributed by atoms with E-state index in [9.17, 15) is 9.59 Å². The maximum Gasteiger partial charge on any atom is 0.316 e. The molecule has 0 fully saturated rings.